The van der Waals surface area contributed by atoms with Gasteiger partial charge in [0.1, 0.15) is 5.78 Å². The number of hydrogen-bond donors (Lipinski definition) is 1. The minimum atomic E-state index is -0.0677. The lowest BCUT2D eigenvalue weighted by atomic mass is 9.45. The Morgan fingerprint density at radius 3 is 2.52 bits per heavy atom. The van der Waals surface area contributed by atoms with E-state index >= 15 is 0 Å². The summed E-state index contributed by atoms with van der Waals surface area (Å²) in [6, 6.07) is 0. The molecule has 2 heteroatoms. The topological polar surface area (TPSA) is 37.3 Å². The van der Waals surface area contributed by atoms with E-state index in [1.54, 1.807) is 0 Å². The number of ketones is 1. The molecule has 4 aliphatic carbocycles. The Labute approximate surface area is 128 Å². The Balaban J connectivity index is 1.64. The molecule has 1 N–H and O–H groups in total. The number of aliphatic hydroxyl groups is 1. The van der Waals surface area contributed by atoms with E-state index in [1.807, 2.05) is 0 Å². The predicted molar refractivity (Wildman–Crippen MR) is 82.7 cm³/mol. The Kier molecular flexibility index (Phi) is 3.10. The zero-order chi connectivity index (χ0) is 14.8. The maximum Gasteiger partial charge on any atom is 0.133 e. The average molecular weight is 290 g/mol. The molecular formula is C19H30O2. The van der Waals surface area contributed by atoms with Crippen molar-refractivity contribution in [2.45, 2.75) is 77.7 Å². The molecule has 2 nitrogen and oxygen atoms in total. The third-order valence-corrected chi connectivity index (χ3v) is 8.43. The second-order valence-electron chi connectivity index (χ2n) is 9.04. The maximum atomic E-state index is 11.9. The highest BCUT2D eigenvalue weighted by Crippen LogP contribution is 2.65. The molecule has 0 aliphatic heterocycles. The summed E-state index contributed by atoms with van der Waals surface area (Å²) in [5.74, 6) is 3.52. The van der Waals surface area contributed by atoms with Crippen molar-refractivity contribution in [1.29, 1.82) is 0 Å². The van der Waals surface area contributed by atoms with Crippen LogP contribution in [0.5, 0.6) is 0 Å². The Morgan fingerprint density at radius 2 is 1.71 bits per heavy atom. The molecule has 0 aromatic heterocycles. The fourth-order valence-corrected chi connectivity index (χ4v) is 7.02. The summed E-state index contributed by atoms with van der Waals surface area (Å²) >= 11 is 0. The first kappa shape index (κ1) is 14.2. The molecule has 0 aromatic rings. The number of aliphatic hydroxyl groups excluding tert-OH is 1. The number of Topliss-reactive ketones (excluding diaryl/α,β-unsaturated/α-hetero) is 1. The van der Waals surface area contributed by atoms with Gasteiger partial charge in [0.2, 0.25) is 0 Å². The van der Waals surface area contributed by atoms with Crippen LogP contribution in [0.1, 0.15) is 71.6 Å². The largest absolute Gasteiger partial charge is 0.393 e. The predicted octanol–water partition coefficient (Wildman–Crippen LogP) is 3.96. The fourth-order valence-electron chi connectivity index (χ4n) is 7.02. The molecule has 0 unspecified atom stereocenters. The number of carbonyl (C=O) groups is 1. The summed E-state index contributed by atoms with van der Waals surface area (Å²) in [6.07, 6.45) is 10.0. The van der Waals surface area contributed by atoms with Crippen LogP contribution in [0.4, 0.5) is 0 Å². The first-order chi connectivity index (χ1) is 9.95. The van der Waals surface area contributed by atoms with E-state index in [-0.39, 0.29) is 11.5 Å². The smallest absolute Gasteiger partial charge is 0.133 e. The molecule has 4 fully saturated rings. The van der Waals surface area contributed by atoms with Gasteiger partial charge >= 0.3 is 0 Å². The van der Waals surface area contributed by atoms with E-state index in [9.17, 15) is 9.90 Å². The van der Waals surface area contributed by atoms with Crippen molar-refractivity contribution in [3.63, 3.8) is 0 Å². The van der Waals surface area contributed by atoms with Crippen LogP contribution in [0.3, 0.4) is 0 Å². The third-order valence-electron chi connectivity index (χ3n) is 8.43. The van der Waals surface area contributed by atoms with Gasteiger partial charge in [-0.25, -0.2) is 0 Å². The first-order valence-electron chi connectivity index (χ1n) is 9.15. The van der Waals surface area contributed by atoms with Gasteiger partial charge in [0.05, 0.1) is 6.10 Å². The molecule has 7 atom stereocenters. The number of fused-ring (bicyclic) bond motifs is 5. The third kappa shape index (κ3) is 1.84. The molecule has 0 heterocycles. The molecule has 4 saturated carbocycles. The van der Waals surface area contributed by atoms with E-state index in [0.717, 1.165) is 43.4 Å². The highest BCUT2D eigenvalue weighted by Gasteiger charge is 2.59. The van der Waals surface area contributed by atoms with Crippen LogP contribution in [0.25, 0.3) is 0 Å². The summed E-state index contributed by atoms with van der Waals surface area (Å²) in [5, 5.41) is 10.5. The fraction of sp³-hybridized carbons (Fsp3) is 0.947. The first-order valence-corrected chi connectivity index (χ1v) is 9.15. The Bertz CT molecular complexity index is 458. The summed E-state index contributed by atoms with van der Waals surface area (Å²) < 4.78 is 0. The van der Waals surface area contributed by atoms with Crippen molar-refractivity contribution in [3.05, 3.63) is 0 Å². The van der Waals surface area contributed by atoms with Gasteiger partial charge in [0.25, 0.3) is 0 Å². The standard InChI is InChI=1S/C19H30O2/c1-18-9-7-13(20)11-12(18)3-4-14-15-5-6-17(21)19(15,2)10-8-16(14)18/h12,14-17,21H,3-11H2,1-2H3/t12-,14+,15+,16+,17+,18+,19+/m0/s1. The number of rotatable bonds is 0. The van der Waals surface area contributed by atoms with E-state index in [2.05, 4.69) is 13.8 Å². The van der Waals surface area contributed by atoms with Crippen molar-refractivity contribution < 1.29 is 9.90 Å². The quantitative estimate of drug-likeness (QED) is 0.733. The molecule has 0 amide bonds. The van der Waals surface area contributed by atoms with Crippen molar-refractivity contribution in [1.82, 2.24) is 0 Å². The van der Waals surface area contributed by atoms with Crippen LogP contribution in [0.15, 0.2) is 0 Å². The normalized spacial score (nSPS) is 56.5. The molecule has 118 valence electrons. The second-order valence-corrected chi connectivity index (χ2v) is 9.04. The molecule has 0 saturated heterocycles. The molecule has 21 heavy (non-hydrogen) atoms. The van der Waals surface area contributed by atoms with Crippen LogP contribution in [-0.2, 0) is 4.79 Å². The zero-order valence-electron chi connectivity index (χ0n) is 13.6. The van der Waals surface area contributed by atoms with Crippen molar-refractivity contribution >= 4 is 5.78 Å². The van der Waals surface area contributed by atoms with E-state index in [0.29, 0.717) is 17.1 Å². The van der Waals surface area contributed by atoms with Crippen molar-refractivity contribution in [2.75, 3.05) is 0 Å². The molecule has 4 aliphatic rings. The Hall–Kier alpha value is -0.370. The lowest BCUT2D eigenvalue weighted by molar-refractivity contribution is -0.141. The number of carbonyl (C=O) groups excluding carboxylic acids is 1. The minimum Gasteiger partial charge on any atom is -0.393 e. The second kappa shape index (κ2) is 4.57. The van der Waals surface area contributed by atoms with Gasteiger partial charge in [0, 0.05) is 12.8 Å². The van der Waals surface area contributed by atoms with Crippen LogP contribution in [0.2, 0.25) is 0 Å². The van der Waals surface area contributed by atoms with Gasteiger partial charge in [0.15, 0.2) is 0 Å². The van der Waals surface area contributed by atoms with Gasteiger partial charge in [-0.3, -0.25) is 4.79 Å². The zero-order valence-corrected chi connectivity index (χ0v) is 13.6. The van der Waals surface area contributed by atoms with Crippen LogP contribution in [0, 0.1) is 34.5 Å². The molecule has 0 bridgehead atoms. The molecule has 4 rings (SSSR count). The summed E-state index contributed by atoms with van der Waals surface area (Å²) in [6.45, 7) is 4.85. The average Bonchev–Trinajstić information content (AvgIpc) is 2.76. The van der Waals surface area contributed by atoms with Crippen molar-refractivity contribution in [2.24, 2.45) is 34.5 Å². The number of hydrogen-bond acceptors (Lipinski definition) is 2. The molecule has 0 radical (unpaired) electrons. The van der Waals surface area contributed by atoms with Crippen LogP contribution < -0.4 is 0 Å². The molecular weight excluding hydrogens is 260 g/mol. The van der Waals surface area contributed by atoms with E-state index < -0.39 is 0 Å². The minimum absolute atomic E-state index is 0.0677. The van der Waals surface area contributed by atoms with E-state index in [1.165, 1.54) is 32.1 Å². The van der Waals surface area contributed by atoms with Gasteiger partial charge < -0.3 is 5.11 Å². The van der Waals surface area contributed by atoms with Crippen LogP contribution >= 0.6 is 0 Å². The highest BCUT2D eigenvalue weighted by atomic mass is 16.3. The molecule has 0 spiro atoms. The van der Waals surface area contributed by atoms with E-state index in [4.69, 9.17) is 0 Å². The monoisotopic (exact) mass is 290 g/mol. The Morgan fingerprint density at radius 1 is 0.952 bits per heavy atom. The summed E-state index contributed by atoms with van der Waals surface area (Å²) in [4.78, 5) is 11.9. The van der Waals surface area contributed by atoms with Gasteiger partial charge in [-0.2, -0.15) is 0 Å². The summed E-state index contributed by atoms with van der Waals surface area (Å²) in [5.41, 5.74) is 0.598. The van der Waals surface area contributed by atoms with Gasteiger partial charge in [-0.1, -0.05) is 13.8 Å². The van der Waals surface area contributed by atoms with Gasteiger partial charge in [-0.05, 0) is 79.4 Å². The maximum absolute atomic E-state index is 11.9. The van der Waals surface area contributed by atoms with Crippen molar-refractivity contribution in [3.8, 4) is 0 Å². The highest BCUT2D eigenvalue weighted by molar-refractivity contribution is 5.79. The lowest BCUT2D eigenvalue weighted by Gasteiger charge is -2.60. The van der Waals surface area contributed by atoms with Gasteiger partial charge in [-0.15, -0.1) is 0 Å². The SMILES string of the molecule is C[C@@]12CC[C@@H]3[C@H](CC[C@H]4CC(=O)CC[C@]43C)[C@H]1CC[C@H]2O. The lowest BCUT2D eigenvalue weighted by Crippen LogP contribution is -2.54. The van der Waals surface area contributed by atoms with Crippen LogP contribution in [-0.4, -0.2) is 17.0 Å². The summed E-state index contributed by atoms with van der Waals surface area (Å²) in [7, 11) is 0. The molecule has 0 aromatic carbocycles.